The zero-order valence-electron chi connectivity index (χ0n) is 27.3. The Bertz CT molecular complexity index is 2840. The molecular formula is C28H24ClN7O14S4. The SMILES string of the molecule is COc1c(Cl)cc(S(=O)(=O)O)cc1N=Nc1c(S(=O)(=O)O)cc2cc(S(=O)(=O)O)cc(Nc3nc(C)nc(Nc4cccc(S(=O)(=O)O)c4)n3)c2c1OC. The van der Waals surface area contributed by atoms with Gasteiger partial charge in [0.1, 0.15) is 22.1 Å². The lowest BCUT2D eigenvalue weighted by Crippen LogP contribution is -2.08. The van der Waals surface area contributed by atoms with Gasteiger partial charge in [-0.2, -0.15) is 48.6 Å². The van der Waals surface area contributed by atoms with Gasteiger partial charge in [0.15, 0.2) is 11.5 Å². The van der Waals surface area contributed by atoms with Crippen molar-refractivity contribution in [3.05, 3.63) is 65.4 Å². The fourth-order valence-electron chi connectivity index (χ4n) is 4.84. The number of fused-ring (bicyclic) bond motifs is 1. The van der Waals surface area contributed by atoms with Crippen LogP contribution in [0.2, 0.25) is 5.02 Å². The van der Waals surface area contributed by atoms with E-state index in [1.807, 2.05) is 0 Å². The normalized spacial score (nSPS) is 12.6. The first-order valence-corrected chi connectivity index (χ1v) is 20.4. The van der Waals surface area contributed by atoms with Gasteiger partial charge >= 0.3 is 0 Å². The van der Waals surface area contributed by atoms with Crippen LogP contribution in [0.3, 0.4) is 0 Å². The maximum absolute atomic E-state index is 12.7. The Morgan fingerprint density at radius 3 is 1.83 bits per heavy atom. The molecule has 0 saturated heterocycles. The summed E-state index contributed by atoms with van der Waals surface area (Å²) in [5, 5.41) is 12.4. The molecule has 0 atom stereocenters. The van der Waals surface area contributed by atoms with Gasteiger partial charge < -0.3 is 20.1 Å². The third kappa shape index (κ3) is 8.80. The van der Waals surface area contributed by atoms with Crippen LogP contribution in [0.15, 0.2) is 84.4 Å². The molecule has 0 amide bonds. The minimum atomic E-state index is -5.24. The van der Waals surface area contributed by atoms with Gasteiger partial charge in [-0.25, -0.2) is 0 Å². The summed E-state index contributed by atoms with van der Waals surface area (Å²) in [6, 6.07) is 9.13. The van der Waals surface area contributed by atoms with Gasteiger partial charge in [0, 0.05) is 11.1 Å². The van der Waals surface area contributed by atoms with Gasteiger partial charge in [0.25, 0.3) is 40.5 Å². The Morgan fingerprint density at radius 2 is 1.26 bits per heavy atom. The number of anilines is 4. The van der Waals surface area contributed by atoms with Gasteiger partial charge in [-0.1, -0.05) is 17.7 Å². The summed E-state index contributed by atoms with van der Waals surface area (Å²) in [7, 11) is -17.5. The van der Waals surface area contributed by atoms with Gasteiger partial charge in [0.2, 0.25) is 11.9 Å². The first kappa shape index (κ1) is 40.1. The smallest absolute Gasteiger partial charge is 0.296 e. The molecule has 0 bridgehead atoms. The van der Waals surface area contributed by atoms with Crippen LogP contribution in [-0.2, 0) is 40.5 Å². The zero-order chi connectivity index (χ0) is 40.0. The number of nitrogens with one attached hydrogen (secondary N) is 2. The highest BCUT2D eigenvalue weighted by molar-refractivity contribution is 7.86. The Labute approximate surface area is 311 Å². The Morgan fingerprint density at radius 1 is 0.667 bits per heavy atom. The molecule has 54 heavy (non-hydrogen) atoms. The largest absolute Gasteiger partial charge is 0.494 e. The molecule has 0 aliphatic carbocycles. The second-order valence-corrected chi connectivity index (χ2v) is 16.8. The molecule has 21 nitrogen and oxygen atoms in total. The van der Waals surface area contributed by atoms with E-state index in [4.69, 9.17) is 21.1 Å². The summed E-state index contributed by atoms with van der Waals surface area (Å²) < 4.78 is 147. The molecule has 1 heterocycles. The first-order valence-electron chi connectivity index (χ1n) is 14.2. The molecule has 5 rings (SSSR count). The highest BCUT2D eigenvalue weighted by Crippen LogP contribution is 2.47. The molecule has 0 radical (unpaired) electrons. The van der Waals surface area contributed by atoms with E-state index in [0.717, 1.165) is 56.7 Å². The van der Waals surface area contributed by atoms with Gasteiger partial charge in [-0.05, 0) is 60.8 Å². The van der Waals surface area contributed by atoms with Crippen LogP contribution in [-0.4, -0.2) is 81.1 Å². The van der Waals surface area contributed by atoms with Crippen molar-refractivity contribution in [2.75, 3.05) is 24.9 Å². The molecule has 0 unspecified atom stereocenters. The Balaban J connectivity index is 1.75. The molecule has 0 saturated carbocycles. The summed E-state index contributed by atoms with van der Waals surface area (Å²) in [5.41, 5.74) is -1.31. The van der Waals surface area contributed by atoms with Crippen molar-refractivity contribution >= 4 is 97.5 Å². The number of nitrogens with zero attached hydrogens (tertiary/aromatic N) is 5. The third-order valence-corrected chi connectivity index (χ3v) is 10.7. The second-order valence-electron chi connectivity index (χ2n) is 10.7. The van der Waals surface area contributed by atoms with Crippen molar-refractivity contribution in [3.63, 3.8) is 0 Å². The van der Waals surface area contributed by atoms with E-state index >= 15 is 0 Å². The number of ether oxygens (including phenoxy) is 2. The molecular weight excluding hydrogens is 822 g/mol. The van der Waals surface area contributed by atoms with Crippen molar-refractivity contribution < 1.29 is 61.4 Å². The number of aromatic nitrogens is 3. The molecule has 1 aromatic heterocycles. The number of hydrogen-bond donors (Lipinski definition) is 6. The van der Waals surface area contributed by atoms with Crippen molar-refractivity contribution in [1.82, 2.24) is 15.0 Å². The van der Waals surface area contributed by atoms with Crippen molar-refractivity contribution in [3.8, 4) is 11.5 Å². The van der Waals surface area contributed by atoms with E-state index in [1.54, 1.807) is 0 Å². The van der Waals surface area contributed by atoms with E-state index in [9.17, 15) is 51.9 Å². The lowest BCUT2D eigenvalue weighted by Gasteiger charge is -2.17. The number of hydrogen-bond acceptors (Lipinski definition) is 17. The number of methoxy groups -OCH3 is 2. The van der Waals surface area contributed by atoms with Crippen molar-refractivity contribution in [2.45, 2.75) is 26.5 Å². The zero-order valence-corrected chi connectivity index (χ0v) is 31.3. The molecule has 0 aliphatic heterocycles. The number of azo groups is 1. The van der Waals surface area contributed by atoms with Gasteiger partial charge in [0.05, 0.1) is 39.6 Å². The van der Waals surface area contributed by atoms with Gasteiger partial charge in [-0.3, -0.25) is 18.2 Å². The van der Waals surface area contributed by atoms with Crippen LogP contribution in [0.1, 0.15) is 5.82 Å². The summed E-state index contributed by atoms with van der Waals surface area (Å²) in [6.07, 6.45) is 0. The molecule has 286 valence electrons. The molecule has 5 aromatic rings. The van der Waals surface area contributed by atoms with E-state index < -0.39 is 77.2 Å². The number of rotatable bonds is 12. The highest BCUT2D eigenvalue weighted by Gasteiger charge is 2.27. The van der Waals surface area contributed by atoms with Gasteiger partial charge in [-0.15, -0.1) is 10.2 Å². The second kappa shape index (κ2) is 14.6. The lowest BCUT2D eigenvalue weighted by molar-refractivity contribution is 0.415. The number of aryl methyl sites for hydroxylation is 1. The molecule has 6 N–H and O–H groups in total. The van der Waals surface area contributed by atoms with E-state index in [1.165, 1.54) is 19.1 Å². The molecule has 0 aliphatic rings. The number of benzene rings is 4. The Kier molecular flexibility index (Phi) is 10.8. The highest BCUT2D eigenvalue weighted by atomic mass is 35.5. The summed E-state index contributed by atoms with van der Waals surface area (Å²) in [4.78, 5) is 9.52. The van der Waals surface area contributed by atoms with Crippen LogP contribution in [0, 0.1) is 6.92 Å². The topological polar surface area (TPSA) is 323 Å². The predicted molar refractivity (Wildman–Crippen MR) is 190 cm³/mol. The molecule has 26 heteroatoms. The van der Waals surface area contributed by atoms with E-state index in [0.29, 0.717) is 0 Å². The monoisotopic (exact) mass is 845 g/mol. The molecule has 4 aromatic carbocycles. The minimum absolute atomic E-state index is 0.0611. The van der Waals surface area contributed by atoms with Crippen LogP contribution < -0.4 is 20.1 Å². The van der Waals surface area contributed by atoms with Crippen LogP contribution >= 0.6 is 11.6 Å². The minimum Gasteiger partial charge on any atom is -0.494 e. The molecule has 0 fully saturated rings. The average molecular weight is 846 g/mol. The fourth-order valence-corrected chi connectivity index (χ4v) is 7.45. The number of halogens is 1. The van der Waals surface area contributed by atoms with E-state index in [-0.39, 0.29) is 50.6 Å². The third-order valence-electron chi connectivity index (χ3n) is 7.02. The summed E-state index contributed by atoms with van der Waals surface area (Å²) >= 11 is 6.11. The lowest BCUT2D eigenvalue weighted by atomic mass is 10.1. The summed E-state index contributed by atoms with van der Waals surface area (Å²) in [6.45, 7) is 1.44. The maximum atomic E-state index is 12.7. The van der Waals surface area contributed by atoms with Crippen molar-refractivity contribution in [2.24, 2.45) is 10.2 Å². The van der Waals surface area contributed by atoms with E-state index in [2.05, 4.69) is 35.8 Å². The standard InChI is InChI=1S/C28H24ClN7O14S4/c1-13-30-27(32-15-5-4-6-16(9-15)51(37,38)39)34-28(31-13)33-20-11-17(52(40,41)42)7-14-8-22(54(46,47)48)24(26(50-3)23(14)20)36-35-21-12-18(53(43,44)45)10-19(29)25(21)49-2/h4-12H,1-3H3,(H,37,38,39)(H,40,41,42)(H,43,44,45)(H,46,47,48)(H2,30,31,32,33,34). The van der Waals surface area contributed by atoms with Crippen LogP contribution in [0.5, 0.6) is 11.5 Å². The maximum Gasteiger partial charge on any atom is 0.296 e. The molecule has 0 spiro atoms. The summed E-state index contributed by atoms with van der Waals surface area (Å²) in [5.74, 6) is -1.17. The van der Waals surface area contributed by atoms with Crippen molar-refractivity contribution in [1.29, 1.82) is 0 Å². The first-order chi connectivity index (χ1) is 25.0. The Hall–Kier alpha value is -5.12. The van der Waals surface area contributed by atoms with Crippen LogP contribution in [0.4, 0.5) is 34.6 Å². The quantitative estimate of drug-likeness (QED) is 0.0718. The average Bonchev–Trinajstić information content (AvgIpc) is 3.04. The fraction of sp³-hybridized carbons (Fsp3) is 0.107. The van der Waals surface area contributed by atoms with Crippen LogP contribution in [0.25, 0.3) is 10.8 Å². The predicted octanol–water partition coefficient (Wildman–Crippen LogP) is 4.89.